The SMILES string of the molecule is CC[C@@]1(c2ccc(NC(=O)c3ccnc(C4CC4)n3)cc2)CCC(=O)NC1=O. The molecule has 3 amide bonds. The van der Waals surface area contributed by atoms with Crippen LogP contribution in [0.2, 0.25) is 0 Å². The molecule has 7 nitrogen and oxygen atoms in total. The van der Waals surface area contributed by atoms with E-state index in [4.69, 9.17) is 0 Å². The first-order valence-electron chi connectivity index (χ1n) is 9.61. The van der Waals surface area contributed by atoms with Gasteiger partial charge in [-0.25, -0.2) is 9.97 Å². The Balaban J connectivity index is 1.50. The summed E-state index contributed by atoms with van der Waals surface area (Å²) in [7, 11) is 0. The predicted octanol–water partition coefficient (Wildman–Crippen LogP) is 2.69. The van der Waals surface area contributed by atoms with Crippen LogP contribution >= 0.6 is 0 Å². The molecule has 0 unspecified atom stereocenters. The lowest BCUT2D eigenvalue weighted by atomic mass is 9.72. The molecule has 7 heteroatoms. The van der Waals surface area contributed by atoms with Crippen molar-refractivity contribution in [1.29, 1.82) is 0 Å². The van der Waals surface area contributed by atoms with Crippen molar-refractivity contribution in [3.8, 4) is 0 Å². The van der Waals surface area contributed by atoms with Crippen LogP contribution in [0.4, 0.5) is 5.69 Å². The molecule has 1 aliphatic heterocycles. The maximum atomic E-state index is 12.5. The number of nitrogens with zero attached hydrogens (tertiary/aromatic N) is 2. The van der Waals surface area contributed by atoms with Gasteiger partial charge in [0.15, 0.2) is 0 Å². The summed E-state index contributed by atoms with van der Waals surface area (Å²) in [6.07, 6.45) is 5.19. The van der Waals surface area contributed by atoms with Crippen molar-refractivity contribution < 1.29 is 14.4 Å². The molecule has 1 aliphatic carbocycles. The van der Waals surface area contributed by atoms with Gasteiger partial charge in [0.1, 0.15) is 11.5 Å². The van der Waals surface area contributed by atoms with Crippen molar-refractivity contribution in [3.05, 3.63) is 53.6 Å². The van der Waals surface area contributed by atoms with Crippen molar-refractivity contribution in [1.82, 2.24) is 15.3 Å². The van der Waals surface area contributed by atoms with E-state index < -0.39 is 5.41 Å². The zero-order chi connectivity index (χ0) is 19.7. The molecule has 2 fully saturated rings. The first-order valence-corrected chi connectivity index (χ1v) is 9.61. The van der Waals surface area contributed by atoms with Crippen LogP contribution in [0, 0.1) is 0 Å². The number of benzene rings is 1. The highest BCUT2D eigenvalue weighted by Crippen LogP contribution is 2.38. The fraction of sp³-hybridized carbons (Fsp3) is 0.381. The molecule has 1 aromatic heterocycles. The molecule has 0 bridgehead atoms. The Hall–Kier alpha value is -3.09. The van der Waals surface area contributed by atoms with E-state index in [-0.39, 0.29) is 17.7 Å². The number of amides is 3. The summed E-state index contributed by atoms with van der Waals surface area (Å²) in [5, 5.41) is 5.29. The molecule has 144 valence electrons. The van der Waals surface area contributed by atoms with E-state index in [0.717, 1.165) is 24.2 Å². The monoisotopic (exact) mass is 378 g/mol. The van der Waals surface area contributed by atoms with Crippen LogP contribution in [0.5, 0.6) is 0 Å². The van der Waals surface area contributed by atoms with Gasteiger partial charge in [0.05, 0.1) is 5.41 Å². The van der Waals surface area contributed by atoms with Gasteiger partial charge in [0.25, 0.3) is 5.91 Å². The highest BCUT2D eigenvalue weighted by atomic mass is 16.2. The molecule has 1 saturated carbocycles. The summed E-state index contributed by atoms with van der Waals surface area (Å²) in [5.74, 6) is 0.338. The van der Waals surface area contributed by atoms with Gasteiger partial charge in [-0.15, -0.1) is 0 Å². The number of piperidine rings is 1. The molecule has 1 aromatic carbocycles. The summed E-state index contributed by atoms with van der Waals surface area (Å²) in [6, 6.07) is 8.83. The third-order valence-electron chi connectivity index (χ3n) is 5.61. The average Bonchev–Trinajstić information content (AvgIpc) is 3.55. The summed E-state index contributed by atoms with van der Waals surface area (Å²) in [5.41, 5.74) is 1.11. The van der Waals surface area contributed by atoms with Crippen molar-refractivity contribution in [2.45, 2.75) is 50.4 Å². The maximum absolute atomic E-state index is 12.5. The number of aromatic nitrogens is 2. The van der Waals surface area contributed by atoms with Gasteiger partial charge < -0.3 is 5.32 Å². The van der Waals surface area contributed by atoms with Crippen molar-refractivity contribution in [2.24, 2.45) is 0 Å². The Bertz CT molecular complexity index is 937. The number of carbonyl (C=O) groups is 3. The second kappa shape index (κ2) is 7.14. The number of hydrogen-bond donors (Lipinski definition) is 2. The van der Waals surface area contributed by atoms with Gasteiger partial charge in [-0.3, -0.25) is 19.7 Å². The minimum absolute atomic E-state index is 0.228. The number of imide groups is 1. The lowest BCUT2D eigenvalue weighted by molar-refractivity contribution is -0.138. The van der Waals surface area contributed by atoms with Crippen molar-refractivity contribution >= 4 is 23.4 Å². The van der Waals surface area contributed by atoms with E-state index >= 15 is 0 Å². The van der Waals surface area contributed by atoms with Crippen LogP contribution in [0.1, 0.15) is 66.8 Å². The Morgan fingerprint density at radius 3 is 2.61 bits per heavy atom. The van der Waals surface area contributed by atoms with Crippen LogP contribution < -0.4 is 10.6 Å². The molecule has 4 rings (SSSR count). The highest BCUT2D eigenvalue weighted by Gasteiger charge is 2.42. The molecule has 2 heterocycles. The number of nitrogens with one attached hydrogen (secondary N) is 2. The van der Waals surface area contributed by atoms with Gasteiger partial charge in [-0.05, 0) is 49.4 Å². The van der Waals surface area contributed by atoms with Crippen LogP contribution in [-0.2, 0) is 15.0 Å². The first kappa shape index (κ1) is 18.3. The quantitative estimate of drug-likeness (QED) is 0.779. The first-order chi connectivity index (χ1) is 13.5. The Morgan fingerprint density at radius 2 is 1.96 bits per heavy atom. The average molecular weight is 378 g/mol. The largest absolute Gasteiger partial charge is 0.321 e. The predicted molar refractivity (Wildman–Crippen MR) is 103 cm³/mol. The maximum Gasteiger partial charge on any atom is 0.274 e. The molecular weight excluding hydrogens is 356 g/mol. The number of carbonyl (C=O) groups excluding carboxylic acids is 3. The van der Waals surface area contributed by atoms with Gasteiger partial charge in [-0.1, -0.05) is 19.1 Å². The topological polar surface area (TPSA) is 101 Å². The van der Waals surface area contributed by atoms with Crippen LogP contribution in [0.3, 0.4) is 0 Å². The minimum Gasteiger partial charge on any atom is -0.321 e. The molecule has 2 aliphatic rings. The smallest absolute Gasteiger partial charge is 0.274 e. The summed E-state index contributed by atoms with van der Waals surface area (Å²) >= 11 is 0. The van der Waals surface area contributed by atoms with E-state index in [2.05, 4.69) is 20.6 Å². The van der Waals surface area contributed by atoms with Gasteiger partial charge in [0, 0.05) is 24.2 Å². The molecule has 28 heavy (non-hydrogen) atoms. The van der Waals surface area contributed by atoms with Crippen LogP contribution in [-0.4, -0.2) is 27.7 Å². The fourth-order valence-electron chi connectivity index (χ4n) is 3.67. The van der Waals surface area contributed by atoms with Crippen molar-refractivity contribution in [3.63, 3.8) is 0 Å². The van der Waals surface area contributed by atoms with E-state index in [0.29, 0.717) is 36.6 Å². The highest BCUT2D eigenvalue weighted by molar-refractivity contribution is 6.04. The number of rotatable bonds is 5. The van der Waals surface area contributed by atoms with Crippen molar-refractivity contribution in [2.75, 3.05) is 5.32 Å². The van der Waals surface area contributed by atoms with E-state index in [1.165, 1.54) is 0 Å². The summed E-state index contributed by atoms with van der Waals surface area (Å²) in [6.45, 7) is 1.94. The normalized spacial score (nSPS) is 21.9. The Labute approximate surface area is 163 Å². The second-order valence-electron chi connectivity index (χ2n) is 7.42. The number of anilines is 1. The third kappa shape index (κ3) is 3.40. The second-order valence-corrected chi connectivity index (χ2v) is 7.42. The van der Waals surface area contributed by atoms with E-state index in [1.54, 1.807) is 24.4 Å². The zero-order valence-electron chi connectivity index (χ0n) is 15.7. The lowest BCUT2D eigenvalue weighted by Crippen LogP contribution is -2.51. The lowest BCUT2D eigenvalue weighted by Gasteiger charge is -2.35. The Kier molecular flexibility index (Phi) is 4.66. The van der Waals surface area contributed by atoms with Crippen LogP contribution in [0.15, 0.2) is 36.5 Å². The third-order valence-corrected chi connectivity index (χ3v) is 5.61. The molecule has 1 saturated heterocycles. The standard InChI is InChI=1S/C21H22N4O3/c1-2-21(11-9-17(26)25-20(21)28)14-5-7-15(8-6-14)23-19(27)16-10-12-22-18(24-16)13-3-4-13/h5-8,10,12-13H,2-4,9,11H2,1H3,(H,23,27)(H,25,26,28)/t21-/m0/s1. The van der Waals surface area contributed by atoms with Gasteiger partial charge in [-0.2, -0.15) is 0 Å². The molecule has 1 atom stereocenters. The van der Waals surface area contributed by atoms with E-state index in [9.17, 15) is 14.4 Å². The molecular formula is C21H22N4O3. The summed E-state index contributed by atoms with van der Waals surface area (Å²) in [4.78, 5) is 45.1. The molecule has 0 radical (unpaired) electrons. The van der Waals surface area contributed by atoms with E-state index in [1.807, 2.05) is 19.1 Å². The summed E-state index contributed by atoms with van der Waals surface area (Å²) < 4.78 is 0. The Morgan fingerprint density at radius 1 is 1.21 bits per heavy atom. The zero-order valence-corrected chi connectivity index (χ0v) is 15.7. The molecule has 2 aromatic rings. The van der Waals surface area contributed by atoms with Crippen LogP contribution in [0.25, 0.3) is 0 Å². The molecule has 2 N–H and O–H groups in total. The van der Waals surface area contributed by atoms with Gasteiger partial charge in [0.2, 0.25) is 11.8 Å². The fourth-order valence-corrected chi connectivity index (χ4v) is 3.67. The number of hydrogen-bond acceptors (Lipinski definition) is 5. The van der Waals surface area contributed by atoms with Gasteiger partial charge >= 0.3 is 0 Å². The minimum atomic E-state index is -0.706. The molecule has 0 spiro atoms.